The third kappa shape index (κ3) is 2.81. The highest BCUT2D eigenvalue weighted by molar-refractivity contribution is 6.33. The van der Waals surface area contributed by atoms with E-state index in [-0.39, 0.29) is 6.61 Å². The van der Waals surface area contributed by atoms with E-state index >= 15 is 0 Å². The van der Waals surface area contributed by atoms with Gasteiger partial charge in [0.2, 0.25) is 0 Å². The van der Waals surface area contributed by atoms with Gasteiger partial charge in [-0.2, -0.15) is 0 Å². The predicted octanol–water partition coefficient (Wildman–Crippen LogP) is 3.57. The monoisotopic (exact) mass is 267 g/mol. The van der Waals surface area contributed by atoms with E-state index in [0.29, 0.717) is 11.3 Å². The number of nitrogens with zero attached hydrogens (tertiary/aromatic N) is 1. The Morgan fingerprint density at radius 2 is 2.11 bits per heavy atom. The third-order valence-electron chi connectivity index (χ3n) is 4.24. The van der Waals surface area contributed by atoms with Crippen LogP contribution in [0.2, 0.25) is 5.02 Å². The molecule has 0 aliphatic carbocycles. The number of aliphatic hydroxyl groups is 1. The van der Waals surface area contributed by atoms with Crippen LogP contribution in [-0.2, 0) is 0 Å². The summed E-state index contributed by atoms with van der Waals surface area (Å²) < 4.78 is 0. The molecule has 0 amide bonds. The van der Waals surface area contributed by atoms with Crippen LogP contribution in [0.4, 0.5) is 5.69 Å². The fraction of sp³-hybridized carbons (Fsp3) is 0.600. The second-order valence-electron chi connectivity index (χ2n) is 5.85. The molecule has 1 aliphatic heterocycles. The number of anilines is 1. The number of piperidine rings is 1. The van der Waals surface area contributed by atoms with Gasteiger partial charge in [-0.1, -0.05) is 37.6 Å². The molecular formula is C15H22ClNO. The van der Waals surface area contributed by atoms with Gasteiger partial charge in [0.15, 0.2) is 0 Å². The normalized spacial score (nSPS) is 23.1. The van der Waals surface area contributed by atoms with Gasteiger partial charge in [-0.3, -0.25) is 0 Å². The van der Waals surface area contributed by atoms with Crippen LogP contribution < -0.4 is 4.90 Å². The lowest BCUT2D eigenvalue weighted by Gasteiger charge is -2.45. The van der Waals surface area contributed by atoms with Crippen LogP contribution >= 0.6 is 11.6 Å². The molecule has 0 bridgehead atoms. The van der Waals surface area contributed by atoms with E-state index in [4.69, 9.17) is 11.6 Å². The Labute approximate surface area is 115 Å². The molecule has 1 aromatic rings. The van der Waals surface area contributed by atoms with Crippen molar-refractivity contribution in [1.29, 1.82) is 0 Å². The molecule has 1 unspecified atom stereocenters. The predicted molar refractivity (Wildman–Crippen MR) is 77.3 cm³/mol. The summed E-state index contributed by atoms with van der Waals surface area (Å²) >= 11 is 6.26. The molecule has 3 heteroatoms. The van der Waals surface area contributed by atoms with E-state index in [2.05, 4.69) is 24.8 Å². The number of para-hydroxylation sites is 1. The van der Waals surface area contributed by atoms with Gasteiger partial charge in [-0.05, 0) is 36.3 Å². The average Bonchev–Trinajstić information content (AvgIpc) is 2.33. The number of hydrogen-bond donors (Lipinski definition) is 1. The second kappa shape index (κ2) is 5.50. The van der Waals surface area contributed by atoms with Crippen LogP contribution in [0.15, 0.2) is 24.3 Å². The van der Waals surface area contributed by atoms with Crippen molar-refractivity contribution in [3.63, 3.8) is 0 Å². The molecule has 1 heterocycles. The maximum absolute atomic E-state index is 9.22. The van der Waals surface area contributed by atoms with E-state index in [1.54, 1.807) is 0 Å². The smallest absolute Gasteiger partial charge is 0.0639 e. The summed E-state index contributed by atoms with van der Waals surface area (Å²) in [5.74, 6) is 0.521. The van der Waals surface area contributed by atoms with Crippen LogP contribution in [0.25, 0.3) is 0 Å². The quantitative estimate of drug-likeness (QED) is 0.905. The fourth-order valence-electron chi connectivity index (χ4n) is 2.80. The Kier molecular flexibility index (Phi) is 4.18. The van der Waals surface area contributed by atoms with Crippen LogP contribution in [-0.4, -0.2) is 24.8 Å². The van der Waals surface area contributed by atoms with Crippen LogP contribution in [0.3, 0.4) is 0 Å². The molecule has 0 radical (unpaired) electrons. The van der Waals surface area contributed by atoms with Gasteiger partial charge in [0.05, 0.1) is 10.7 Å². The van der Waals surface area contributed by atoms with E-state index in [1.807, 2.05) is 18.2 Å². The molecule has 0 spiro atoms. The lowest BCUT2D eigenvalue weighted by Crippen LogP contribution is -2.45. The lowest BCUT2D eigenvalue weighted by molar-refractivity contribution is 0.132. The maximum atomic E-state index is 9.22. The van der Waals surface area contributed by atoms with Crippen molar-refractivity contribution in [2.75, 3.05) is 24.6 Å². The summed E-state index contributed by atoms with van der Waals surface area (Å²) in [6.45, 7) is 6.90. The molecule has 1 saturated heterocycles. The van der Waals surface area contributed by atoms with Crippen molar-refractivity contribution in [3.8, 4) is 0 Å². The lowest BCUT2D eigenvalue weighted by atomic mass is 9.72. The Morgan fingerprint density at radius 1 is 1.39 bits per heavy atom. The van der Waals surface area contributed by atoms with Crippen molar-refractivity contribution >= 4 is 17.3 Å². The van der Waals surface area contributed by atoms with Gasteiger partial charge in [0.1, 0.15) is 0 Å². The molecule has 1 N–H and O–H groups in total. The van der Waals surface area contributed by atoms with Crippen LogP contribution in [0.1, 0.15) is 26.7 Å². The molecule has 100 valence electrons. The molecule has 1 fully saturated rings. The second-order valence-corrected chi connectivity index (χ2v) is 6.25. The van der Waals surface area contributed by atoms with Crippen molar-refractivity contribution in [3.05, 3.63) is 29.3 Å². The van der Waals surface area contributed by atoms with E-state index in [0.717, 1.165) is 36.6 Å². The molecule has 2 rings (SSSR count). The molecular weight excluding hydrogens is 246 g/mol. The minimum absolute atomic E-state index is 0.268. The van der Waals surface area contributed by atoms with Gasteiger partial charge in [0, 0.05) is 19.7 Å². The Balaban J connectivity index is 2.16. The first kappa shape index (κ1) is 13.7. The molecule has 2 nitrogen and oxygen atoms in total. The summed E-state index contributed by atoms with van der Waals surface area (Å²) in [5, 5.41) is 10.0. The standard InChI is InChI=1S/C15H22ClNO/c1-15(2)8-9-17(11-12(15)7-10-18)14-6-4-3-5-13(14)16/h3-6,12,18H,7-11H2,1-2H3. The molecule has 0 saturated carbocycles. The van der Waals surface area contributed by atoms with Crippen molar-refractivity contribution in [2.45, 2.75) is 26.7 Å². The Bertz CT molecular complexity index is 405. The summed E-state index contributed by atoms with van der Waals surface area (Å²) in [6, 6.07) is 8.02. The molecule has 0 aromatic heterocycles. The third-order valence-corrected chi connectivity index (χ3v) is 4.56. The minimum atomic E-state index is 0.268. The summed E-state index contributed by atoms with van der Waals surface area (Å²) in [5.41, 5.74) is 1.43. The maximum Gasteiger partial charge on any atom is 0.0639 e. The van der Waals surface area contributed by atoms with Gasteiger partial charge in [0.25, 0.3) is 0 Å². The molecule has 1 atom stereocenters. The molecule has 1 aromatic carbocycles. The SMILES string of the molecule is CC1(C)CCN(c2ccccc2Cl)CC1CCO. The van der Waals surface area contributed by atoms with Gasteiger partial charge < -0.3 is 10.0 Å². The number of aliphatic hydroxyl groups excluding tert-OH is 1. The number of hydrogen-bond acceptors (Lipinski definition) is 2. The van der Waals surface area contributed by atoms with E-state index in [9.17, 15) is 5.11 Å². The first-order valence-corrected chi connectivity index (χ1v) is 7.03. The zero-order chi connectivity index (χ0) is 13.2. The number of benzene rings is 1. The summed E-state index contributed by atoms with van der Waals surface area (Å²) in [7, 11) is 0. The topological polar surface area (TPSA) is 23.5 Å². The largest absolute Gasteiger partial charge is 0.396 e. The number of halogens is 1. The highest BCUT2D eigenvalue weighted by Crippen LogP contribution is 2.40. The number of rotatable bonds is 3. The first-order chi connectivity index (χ1) is 8.54. The van der Waals surface area contributed by atoms with Gasteiger partial charge in [-0.15, -0.1) is 0 Å². The van der Waals surface area contributed by atoms with Crippen molar-refractivity contribution in [2.24, 2.45) is 11.3 Å². The average molecular weight is 268 g/mol. The Morgan fingerprint density at radius 3 is 2.78 bits per heavy atom. The fourth-order valence-corrected chi connectivity index (χ4v) is 3.05. The Hall–Kier alpha value is -0.730. The first-order valence-electron chi connectivity index (χ1n) is 6.65. The van der Waals surface area contributed by atoms with Gasteiger partial charge in [-0.25, -0.2) is 0 Å². The van der Waals surface area contributed by atoms with E-state index < -0.39 is 0 Å². The van der Waals surface area contributed by atoms with Crippen molar-refractivity contribution in [1.82, 2.24) is 0 Å². The van der Waals surface area contributed by atoms with Crippen LogP contribution in [0, 0.1) is 11.3 Å². The van der Waals surface area contributed by atoms with E-state index in [1.165, 1.54) is 0 Å². The summed E-state index contributed by atoms with van der Waals surface area (Å²) in [6.07, 6.45) is 2.01. The zero-order valence-corrected chi connectivity index (χ0v) is 12.0. The zero-order valence-electron chi connectivity index (χ0n) is 11.2. The minimum Gasteiger partial charge on any atom is -0.396 e. The highest BCUT2D eigenvalue weighted by atomic mass is 35.5. The molecule has 1 aliphatic rings. The highest BCUT2D eigenvalue weighted by Gasteiger charge is 2.35. The molecule has 18 heavy (non-hydrogen) atoms. The van der Waals surface area contributed by atoms with Gasteiger partial charge >= 0.3 is 0 Å². The summed E-state index contributed by atoms with van der Waals surface area (Å²) in [4.78, 5) is 2.36. The van der Waals surface area contributed by atoms with Crippen molar-refractivity contribution < 1.29 is 5.11 Å². The van der Waals surface area contributed by atoms with Crippen LogP contribution in [0.5, 0.6) is 0 Å².